The van der Waals surface area contributed by atoms with E-state index < -0.39 is 12.3 Å². The Morgan fingerprint density at radius 3 is 2.44 bits per heavy atom. The number of aromatic nitrogens is 2. The summed E-state index contributed by atoms with van der Waals surface area (Å²) in [5, 5.41) is 13.4. The lowest BCUT2D eigenvalue weighted by atomic mass is 10.1. The van der Waals surface area contributed by atoms with E-state index in [1.54, 1.807) is 25.3 Å². The Kier molecular flexibility index (Phi) is 3.13. The predicted molar refractivity (Wildman–Crippen MR) is 59.3 cm³/mol. The van der Waals surface area contributed by atoms with Crippen molar-refractivity contribution in [3.8, 4) is 5.69 Å². The van der Waals surface area contributed by atoms with Crippen LogP contribution in [0.15, 0.2) is 36.5 Å². The maximum absolute atomic E-state index is 12.6. The van der Waals surface area contributed by atoms with Crippen LogP contribution in [0.5, 0.6) is 0 Å². The summed E-state index contributed by atoms with van der Waals surface area (Å²) in [5.74, 6) is 0. The summed E-state index contributed by atoms with van der Waals surface area (Å²) in [4.78, 5) is 0. The van der Waals surface area contributed by atoms with Crippen molar-refractivity contribution in [1.82, 2.24) is 9.78 Å². The summed E-state index contributed by atoms with van der Waals surface area (Å²) in [7, 11) is 0. The maximum atomic E-state index is 12.6. The van der Waals surface area contributed by atoms with Gasteiger partial charge in [-0.05, 0) is 19.1 Å². The lowest BCUT2D eigenvalue weighted by Gasteiger charge is -2.18. The third kappa shape index (κ3) is 2.38. The molecule has 0 bridgehead atoms. The Morgan fingerprint density at radius 2 is 1.89 bits per heavy atom. The SMILES string of the molecule is Cc1ccn(-c2ccccc2[C@@H](O)C(F)(F)F)n1. The highest BCUT2D eigenvalue weighted by Gasteiger charge is 2.40. The third-order valence-electron chi connectivity index (χ3n) is 2.51. The first-order chi connectivity index (χ1) is 8.39. The number of rotatable bonds is 2. The van der Waals surface area contributed by atoms with Gasteiger partial charge in [0.2, 0.25) is 0 Å². The number of benzene rings is 1. The molecule has 0 radical (unpaired) electrons. The number of para-hydroxylation sites is 1. The number of hydrogen-bond donors (Lipinski definition) is 1. The molecule has 1 heterocycles. The molecule has 0 aliphatic carbocycles. The zero-order valence-electron chi connectivity index (χ0n) is 9.52. The van der Waals surface area contributed by atoms with E-state index in [0.717, 1.165) is 0 Å². The second-order valence-corrected chi connectivity index (χ2v) is 3.90. The number of alkyl halides is 3. The van der Waals surface area contributed by atoms with Crippen molar-refractivity contribution in [1.29, 1.82) is 0 Å². The first kappa shape index (κ1) is 12.6. The van der Waals surface area contributed by atoms with Gasteiger partial charge in [-0.2, -0.15) is 18.3 Å². The number of aliphatic hydroxyl groups is 1. The molecule has 0 saturated heterocycles. The lowest BCUT2D eigenvalue weighted by Crippen LogP contribution is -2.21. The van der Waals surface area contributed by atoms with Crippen molar-refractivity contribution < 1.29 is 18.3 Å². The van der Waals surface area contributed by atoms with Crippen LogP contribution in [0.3, 0.4) is 0 Å². The lowest BCUT2D eigenvalue weighted by molar-refractivity contribution is -0.206. The standard InChI is InChI=1S/C12H11F3N2O/c1-8-6-7-17(16-8)10-5-3-2-4-9(10)11(18)12(13,14)15/h2-7,11,18H,1H3/t11-/m1/s1. The van der Waals surface area contributed by atoms with E-state index >= 15 is 0 Å². The van der Waals surface area contributed by atoms with Crippen LogP contribution in [0.25, 0.3) is 5.69 Å². The molecule has 0 aliphatic heterocycles. The van der Waals surface area contributed by atoms with Crippen molar-refractivity contribution in [2.24, 2.45) is 0 Å². The van der Waals surface area contributed by atoms with Crippen LogP contribution < -0.4 is 0 Å². The molecule has 96 valence electrons. The number of aliphatic hydroxyl groups excluding tert-OH is 1. The normalized spacial score (nSPS) is 13.6. The second-order valence-electron chi connectivity index (χ2n) is 3.90. The molecule has 0 saturated carbocycles. The summed E-state index contributed by atoms with van der Waals surface area (Å²) in [6.45, 7) is 1.74. The molecule has 1 aromatic carbocycles. The zero-order valence-corrected chi connectivity index (χ0v) is 9.52. The van der Waals surface area contributed by atoms with Crippen LogP contribution in [0, 0.1) is 6.92 Å². The molecule has 0 spiro atoms. The predicted octanol–water partition coefficient (Wildman–Crippen LogP) is 2.78. The average molecular weight is 256 g/mol. The van der Waals surface area contributed by atoms with Crippen molar-refractivity contribution in [2.75, 3.05) is 0 Å². The quantitative estimate of drug-likeness (QED) is 0.897. The number of hydrogen-bond acceptors (Lipinski definition) is 2. The van der Waals surface area contributed by atoms with Crippen LogP contribution in [0.1, 0.15) is 17.4 Å². The molecule has 0 aliphatic rings. The molecule has 6 heteroatoms. The number of aryl methyl sites for hydroxylation is 1. The molecule has 2 rings (SSSR count). The number of nitrogens with zero attached hydrogens (tertiary/aromatic N) is 2. The second kappa shape index (κ2) is 4.45. The number of halogens is 3. The molecule has 0 fully saturated rings. The van der Waals surface area contributed by atoms with Crippen LogP contribution in [0.4, 0.5) is 13.2 Å². The summed E-state index contributed by atoms with van der Waals surface area (Å²) >= 11 is 0. The maximum Gasteiger partial charge on any atom is 0.418 e. The third-order valence-corrected chi connectivity index (χ3v) is 2.51. The van der Waals surface area contributed by atoms with Gasteiger partial charge in [0.05, 0.1) is 11.4 Å². The minimum absolute atomic E-state index is 0.215. The van der Waals surface area contributed by atoms with Gasteiger partial charge >= 0.3 is 6.18 Å². The van der Waals surface area contributed by atoms with E-state index in [9.17, 15) is 18.3 Å². The Labute approximate surface area is 101 Å². The van der Waals surface area contributed by atoms with E-state index in [0.29, 0.717) is 5.69 Å². The molecule has 0 unspecified atom stereocenters. The van der Waals surface area contributed by atoms with Crippen LogP contribution >= 0.6 is 0 Å². The molecule has 1 aromatic heterocycles. The van der Waals surface area contributed by atoms with E-state index in [2.05, 4.69) is 5.10 Å². The molecule has 1 atom stereocenters. The molecule has 3 nitrogen and oxygen atoms in total. The first-order valence-corrected chi connectivity index (χ1v) is 5.26. The van der Waals surface area contributed by atoms with Crippen molar-refractivity contribution in [2.45, 2.75) is 19.2 Å². The van der Waals surface area contributed by atoms with Crippen LogP contribution in [-0.4, -0.2) is 21.1 Å². The van der Waals surface area contributed by atoms with Crippen molar-refractivity contribution in [3.05, 3.63) is 47.8 Å². The zero-order chi connectivity index (χ0) is 13.3. The van der Waals surface area contributed by atoms with Gasteiger partial charge < -0.3 is 5.11 Å². The van der Waals surface area contributed by atoms with Gasteiger partial charge in [-0.25, -0.2) is 4.68 Å². The van der Waals surface area contributed by atoms with Gasteiger partial charge in [-0.15, -0.1) is 0 Å². The summed E-state index contributed by atoms with van der Waals surface area (Å²) in [5.41, 5.74) is 0.690. The van der Waals surface area contributed by atoms with Crippen LogP contribution in [0.2, 0.25) is 0 Å². The monoisotopic (exact) mass is 256 g/mol. The van der Waals surface area contributed by atoms with E-state index in [1.165, 1.54) is 22.9 Å². The highest BCUT2D eigenvalue weighted by molar-refractivity contribution is 5.42. The van der Waals surface area contributed by atoms with E-state index in [1.807, 2.05) is 0 Å². The summed E-state index contributed by atoms with van der Waals surface area (Å²) < 4.78 is 39.0. The molecule has 2 aromatic rings. The molecule has 1 N–H and O–H groups in total. The Bertz CT molecular complexity index is 548. The summed E-state index contributed by atoms with van der Waals surface area (Å²) in [6, 6.07) is 7.45. The Balaban J connectivity index is 2.50. The fourth-order valence-corrected chi connectivity index (χ4v) is 1.65. The van der Waals surface area contributed by atoms with Gasteiger partial charge in [0, 0.05) is 11.8 Å². The highest BCUT2D eigenvalue weighted by Crippen LogP contribution is 2.35. The smallest absolute Gasteiger partial charge is 0.379 e. The molecular formula is C12H11F3N2O. The van der Waals surface area contributed by atoms with Crippen molar-refractivity contribution >= 4 is 0 Å². The largest absolute Gasteiger partial charge is 0.418 e. The van der Waals surface area contributed by atoms with Crippen molar-refractivity contribution in [3.63, 3.8) is 0 Å². The molecule has 0 amide bonds. The van der Waals surface area contributed by atoms with Gasteiger partial charge in [0.15, 0.2) is 6.10 Å². The summed E-state index contributed by atoms with van der Waals surface area (Å²) in [6.07, 6.45) is -5.66. The minimum Gasteiger partial charge on any atom is -0.379 e. The Morgan fingerprint density at radius 1 is 1.22 bits per heavy atom. The average Bonchev–Trinajstić information content (AvgIpc) is 2.73. The molecular weight excluding hydrogens is 245 g/mol. The van der Waals surface area contributed by atoms with Gasteiger partial charge in [-0.1, -0.05) is 18.2 Å². The van der Waals surface area contributed by atoms with E-state index in [4.69, 9.17) is 0 Å². The fraction of sp³-hybridized carbons (Fsp3) is 0.250. The topological polar surface area (TPSA) is 38.0 Å². The Hall–Kier alpha value is -1.82. The molecule has 18 heavy (non-hydrogen) atoms. The highest BCUT2D eigenvalue weighted by atomic mass is 19.4. The van der Waals surface area contributed by atoms with Gasteiger partial charge in [0.1, 0.15) is 0 Å². The minimum atomic E-state index is -4.70. The first-order valence-electron chi connectivity index (χ1n) is 5.26. The van der Waals surface area contributed by atoms with Gasteiger partial charge in [0.25, 0.3) is 0 Å². The van der Waals surface area contributed by atoms with Gasteiger partial charge in [-0.3, -0.25) is 0 Å². The van der Waals surface area contributed by atoms with E-state index in [-0.39, 0.29) is 11.3 Å². The fourth-order valence-electron chi connectivity index (χ4n) is 1.65. The van der Waals surface area contributed by atoms with Crippen LogP contribution in [-0.2, 0) is 0 Å².